The molecule has 0 heterocycles. The Balaban J connectivity index is 2.23. The van der Waals surface area contributed by atoms with Gasteiger partial charge in [0.25, 0.3) is 5.91 Å². The van der Waals surface area contributed by atoms with Crippen LogP contribution in [0.1, 0.15) is 67.4 Å². The highest BCUT2D eigenvalue weighted by molar-refractivity contribution is 5.86. The van der Waals surface area contributed by atoms with E-state index >= 15 is 0 Å². The lowest BCUT2D eigenvalue weighted by atomic mass is 9.89. The van der Waals surface area contributed by atoms with Gasteiger partial charge < -0.3 is 20.3 Å². The summed E-state index contributed by atoms with van der Waals surface area (Å²) in [6, 6.07) is 14.4. The van der Waals surface area contributed by atoms with Gasteiger partial charge in [0.2, 0.25) is 0 Å². The molecule has 164 valence electrons. The monoisotopic (exact) mass is 415 g/mol. The molecule has 0 unspecified atom stereocenters. The second kappa shape index (κ2) is 10.1. The fourth-order valence-electron chi connectivity index (χ4n) is 3.22. The lowest BCUT2D eigenvalue weighted by molar-refractivity contribution is -0.141. The summed E-state index contributed by atoms with van der Waals surface area (Å²) in [6.07, 6.45) is 1.57. The first-order valence-electron chi connectivity index (χ1n) is 11.4. The van der Waals surface area contributed by atoms with Crippen molar-refractivity contribution in [3.63, 3.8) is 0 Å². The maximum absolute atomic E-state index is 12.9. The molecule has 0 radical (unpaired) electrons. The lowest BCUT2D eigenvalue weighted by Crippen LogP contribution is -2.49. The Morgan fingerprint density at radius 2 is 1.70 bits per heavy atom. The third kappa shape index (κ3) is 6.31. The first-order chi connectivity index (χ1) is 14.8. The van der Waals surface area contributed by atoms with Gasteiger partial charge in [-0.2, -0.15) is 0 Å². The highest BCUT2D eigenvalue weighted by atomic mass is 16.5. The summed E-state index contributed by atoms with van der Waals surface area (Å²) in [5.41, 5.74) is -2.06. The van der Waals surface area contributed by atoms with E-state index in [1.165, 1.54) is 6.92 Å². The first-order valence-corrected chi connectivity index (χ1v) is 10.4. The van der Waals surface area contributed by atoms with E-state index in [0.29, 0.717) is 23.3 Å². The molecule has 0 spiro atoms. The van der Waals surface area contributed by atoms with Crippen molar-refractivity contribution in [1.29, 1.82) is 0 Å². The molecule has 2 aromatic rings. The van der Waals surface area contributed by atoms with Crippen LogP contribution in [0.2, 0.25) is 0 Å². The van der Waals surface area contributed by atoms with E-state index in [2.05, 4.69) is 5.32 Å². The molecule has 0 aromatic heterocycles. The number of aliphatic hydroxyl groups is 2. The summed E-state index contributed by atoms with van der Waals surface area (Å²) in [7, 11) is 0. The van der Waals surface area contributed by atoms with E-state index in [1.807, 2.05) is 13.8 Å². The minimum absolute atomic E-state index is 0.268. The largest absolute Gasteiger partial charge is 0.493 e. The zero-order chi connectivity index (χ0) is 24.2. The van der Waals surface area contributed by atoms with E-state index in [1.54, 1.807) is 68.4 Å². The number of hydrogen-bond donors (Lipinski definition) is 3. The number of carbonyl (C=O) groups excluding carboxylic acids is 1. The van der Waals surface area contributed by atoms with Gasteiger partial charge in [-0.05, 0) is 56.4 Å². The van der Waals surface area contributed by atoms with Crippen LogP contribution in [0.25, 0.3) is 0 Å². The molecule has 0 aliphatic carbocycles. The molecular formula is C25H35NO4. The van der Waals surface area contributed by atoms with Crippen LogP contribution in [0.15, 0.2) is 54.6 Å². The molecule has 0 saturated heterocycles. The second-order valence-electron chi connectivity index (χ2n) is 8.48. The molecule has 3 N–H and O–H groups in total. The fraction of sp³-hybridized carbons (Fsp3) is 0.480. The van der Waals surface area contributed by atoms with Crippen molar-refractivity contribution in [3.05, 3.63) is 65.7 Å². The minimum Gasteiger partial charge on any atom is -0.493 e. The smallest absolute Gasteiger partial charge is 0.256 e. The summed E-state index contributed by atoms with van der Waals surface area (Å²) in [6.45, 7) is 6.57. The number of benzene rings is 2. The predicted molar refractivity (Wildman–Crippen MR) is 119 cm³/mol. The van der Waals surface area contributed by atoms with Crippen molar-refractivity contribution in [2.45, 2.75) is 64.7 Å². The molecular weight excluding hydrogens is 378 g/mol. The van der Waals surface area contributed by atoms with Gasteiger partial charge >= 0.3 is 0 Å². The normalized spacial score (nSPS) is 17.2. The highest BCUT2D eigenvalue weighted by Crippen LogP contribution is 2.29. The van der Waals surface area contributed by atoms with Crippen LogP contribution in [0, 0.1) is 5.92 Å². The second-order valence-corrected chi connectivity index (χ2v) is 8.48. The van der Waals surface area contributed by atoms with Crippen LogP contribution in [0.3, 0.4) is 0 Å². The van der Waals surface area contributed by atoms with Crippen LogP contribution in [0.4, 0.5) is 0 Å². The molecule has 5 nitrogen and oxygen atoms in total. The van der Waals surface area contributed by atoms with Crippen LogP contribution in [-0.4, -0.2) is 28.3 Å². The molecule has 1 amide bonds. The van der Waals surface area contributed by atoms with Gasteiger partial charge in [0.1, 0.15) is 5.75 Å². The average Bonchev–Trinajstić information content (AvgIpc) is 2.72. The van der Waals surface area contributed by atoms with Gasteiger partial charge in [-0.3, -0.25) is 4.79 Å². The van der Waals surface area contributed by atoms with Gasteiger partial charge in [-0.1, -0.05) is 62.7 Å². The van der Waals surface area contributed by atoms with Crippen LogP contribution in [-0.2, 0) is 10.4 Å². The Morgan fingerprint density at radius 1 is 1.10 bits per heavy atom. The van der Waals surface area contributed by atoms with Gasteiger partial charge in [0.15, 0.2) is 5.60 Å². The Hall–Kier alpha value is -2.37. The Morgan fingerprint density at radius 3 is 2.23 bits per heavy atom. The van der Waals surface area contributed by atoms with E-state index in [0.717, 1.165) is 6.42 Å². The fourth-order valence-corrected chi connectivity index (χ4v) is 3.22. The van der Waals surface area contributed by atoms with Crippen molar-refractivity contribution in [1.82, 2.24) is 5.32 Å². The third-order valence-electron chi connectivity index (χ3n) is 5.07. The molecule has 0 aliphatic rings. The van der Waals surface area contributed by atoms with E-state index < -0.39 is 29.7 Å². The summed E-state index contributed by atoms with van der Waals surface area (Å²) in [5, 5.41) is 24.3. The van der Waals surface area contributed by atoms with Crippen molar-refractivity contribution >= 4 is 5.91 Å². The molecule has 0 saturated carbocycles. The zero-order valence-electron chi connectivity index (χ0n) is 20.5. The molecule has 5 heteroatoms. The number of carbonyl (C=O) groups is 1. The molecule has 0 bridgehead atoms. The lowest BCUT2D eigenvalue weighted by Gasteiger charge is -2.33. The Bertz CT molecular complexity index is 877. The predicted octanol–water partition coefficient (Wildman–Crippen LogP) is 4.34. The average molecular weight is 416 g/mol. The third-order valence-corrected chi connectivity index (χ3v) is 5.07. The number of amides is 1. The molecule has 2 aromatic carbocycles. The van der Waals surface area contributed by atoms with Gasteiger partial charge in [-0.25, -0.2) is 0 Å². The molecule has 30 heavy (non-hydrogen) atoms. The number of ether oxygens (including phenoxy) is 1. The van der Waals surface area contributed by atoms with Gasteiger partial charge in [0.05, 0.1) is 20.9 Å². The molecule has 0 aliphatic heterocycles. The van der Waals surface area contributed by atoms with E-state index in [-0.39, 0.29) is 5.92 Å². The first kappa shape index (κ1) is 20.9. The van der Waals surface area contributed by atoms with Gasteiger partial charge in [0, 0.05) is 0 Å². The van der Waals surface area contributed by atoms with Crippen molar-refractivity contribution in [2.24, 2.45) is 5.92 Å². The summed E-state index contributed by atoms with van der Waals surface area (Å²) in [5.74, 6) is -0.546. The quantitative estimate of drug-likeness (QED) is 0.539. The standard InChI is InChI=1S/C25H35NO4/c1-6-10-18(2)17-30-21-15-13-19(14-16-21)22(24(3,4)28)26-23(27)25(5,29)20-11-8-7-9-12-20/h7-9,11-16,18,22,28-29H,6,10,17H2,1-5H3,(H,26,27)/t18-,22+,25+/m0/s1/i17D2. The minimum atomic E-state index is -1.81. The zero-order valence-corrected chi connectivity index (χ0v) is 18.5. The van der Waals surface area contributed by atoms with E-state index in [4.69, 9.17) is 7.48 Å². The maximum atomic E-state index is 12.9. The Labute approximate surface area is 182 Å². The van der Waals surface area contributed by atoms with Crippen LogP contribution < -0.4 is 10.1 Å². The van der Waals surface area contributed by atoms with Crippen molar-refractivity contribution in [3.8, 4) is 5.75 Å². The van der Waals surface area contributed by atoms with Gasteiger partial charge in [-0.15, -0.1) is 0 Å². The highest BCUT2D eigenvalue weighted by Gasteiger charge is 2.37. The Kier molecular flexibility index (Phi) is 7.03. The van der Waals surface area contributed by atoms with Crippen molar-refractivity contribution in [2.75, 3.05) is 6.56 Å². The summed E-state index contributed by atoms with van der Waals surface area (Å²) in [4.78, 5) is 12.9. The summed E-state index contributed by atoms with van der Waals surface area (Å²) < 4.78 is 21.9. The number of hydrogen-bond acceptors (Lipinski definition) is 4. The number of nitrogens with one attached hydrogen (secondary N) is 1. The molecule has 0 fully saturated rings. The molecule has 2 rings (SSSR count). The summed E-state index contributed by atoms with van der Waals surface area (Å²) >= 11 is 0. The van der Waals surface area contributed by atoms with E-state index in [9.17, 15) is 15.0 Å². The SMILES string of the molecule is [2H]C([2H])(Oc1ccc([C@@H](NC(=O)[C@](C)(O)c2ccccc2)C(C)(C)O)cc1)[C@@H](C)CCC. The number of rotatable bonds is 10. The molecule has 3 atom stereocenters. The van der Waals surface area contributed by atoms with Crippen LogP contribution in [0.5, 0.6) is 5.75 Å². The van der Waals surface area contributed by atoms with Crippen LogP contribution >= 0.6 is 0 Å². The maximum Gasteiger partial charge on any atom is 0.256 e. The van der Waals surface area contributed by atoms with Crippen molar-refractivity contribution < 1.29 is 22.5 Å². The topological polar surface area (TPSA) is 78.8 Å².